The SMILES string of the molecule is Cc1cccc(C2CCN2C(=O)c2cc3ccc(-c4cn[nH]c4C)nc3[nH]2)c1. The van der Waals surface area contributed by atoms with Crippen LogP contribution in [0.4, 0.5) is 0 Å². The van der Waals surface area contributed by atoms with E-state index >= 15 is 0 Å². The maximum Gasteiger partial charge on any atom is 0.270 e. The van der Waals surface area contributed by atoms with E-state index in [1.165, 1.54) is 11.1 Å². The molecule has 1 aromatic carbocycles. The molecule has 1 unspecified atom stereocenters. The zero-order valence-corrected chi connectivity index (χ0v) is 15.9. The molecule has 6 nitrogen and oxygen atoms in total. The molecular formula is C22H21N5O. The number of likely N-dealkylation sites (tertiary alicyclic amines) is 1. The first-order chi connectivity index (χ1) is 13.6. The number of fused-ring (bicyclic) bond motifs is 1. The minimum Gasteiger partial charge on any atom is -0.335 e. The van der Waals surface area contributed by atoms with Gasteiger partial charge < -0.3 is 9.88 Å². The average molecular weight is 371 g/mol. The summed E-state index contributed by atoms with van der Waals surface area (Å²) in [7, 11) is 0. The molecule has 2 N–H and O–H groups in total. The molecule has 1 aliphatic rings. The van der Waals surface area contributed by atoms with E-state index in [0.717, 1.165) is 35.3 Å². The lowest BCUT2D eigenvalue weighted by Gasteiger charge is -2.41. The van der Waals surface area contributed by atoms with Crippen LogP contribution in [-0.2, 0) is 0 Å². The summed E-state index contributed by atoms with van der Waals surface area (Å²) in [4.78, 5) is 22.9. The van der Waals surface area contributed by atoms with Crippen molar-refractivity contribution >= 4 is 16.9 Å². The minimum absolute atomic E-state index is 0.0248. The molecule has 1 amide bonds. The Bertz CT molecular complexity index is 1190. The van der Waals surface area contributed by atoms with E-state index < -0.39 is 0 Å². The fourth-order valence-electron chi connectivity index (χ4n) is 3.89. The van der Waals surface area contributed by atoms with Crippen molar-refractivity contribution in [1.29, 1.82) is 0 Å². The Labute approximate surface area is 162 Å². The molecule has 0 bridgehead atoms. The number of carbonyl (C=O) groups is 1. The number of H-pyrrole nitrogens is 2. The van der Waals surface area contributed by atoms with Gasteiger partial charge in [-0.1, -0.05) is 29.8 Å². The smallest absolute Gasteiger partial charge is 0.270 e. The molecule has 3 aromatic heterocycles. The summed E-state index contributed by atoms with van der Waals surface area (Å²) in [6, 6.07) is 14.4. The number of nitrogens with zero attached hydrogens (tertiary/aromatic N) is 3. The van der Waals surface area contributed by atoms with Crippen molar-refractivity contribution in [2.45, 2.75) is 26.3 Å². The van der Waals surface area contributed by atoms with Crippen molar-refractivity contribution in [3.63, 3.8) is 0 Å². The van der Waals surface area contributed by atoms with E-state index in [1.54, 1.807) is 6.20 Å². The maximum atomic E-state index is 13.1. The lowest BCUT2D eigenvalue weighted by molar-refractivity contribution is 0.0455. The second kappa shape index (κ2) is 6.34. The largest absolute Gasteiger partial charge is 0.335 e. The van der Waals surface area contributed by atoms with Gasteiger partial charge >= 0.3 is 0 Å². The lowest BCUT2D eigenvalue weighted by Crippen LogP contribution is -2.45. The number of nitrogens with one attached hydrogen (secondary N) is 2. The van der Waals surface area contributed by atoms with E-state index in [-0.39, 0.29) is 11.9 Å². The summed E-state index contributed by atoms with van der Waals surface area (Å²) in [6.07, 6.45) is 2.77. The Balaban J connectivity index is 1.44. The van der Waals surface area contributed by atoms with Gasteiger partial charge in [0.25, 0.3) is 5.91 Å². The molecule has 28 heavy (non-hydrogen) atoms. The summed E-state index contributed by atoms with van der Waals surface area (Å²) in [5, 5.41) is 7.92. The highest BCUT2D eigenvalue weighted by Crippen LogP contribution is 2.35. The van der Waals surface area contributed by atoms with Gasteiger partial charge in [-0.15, -0.1) is 0 Å². The van der Waals surface area contributed by atoms with Crippen LogP contribution < -0.4 is 0 Å². The highest BCUT2D eigenvalue weighted by Gasteiger charge is 2.34. The highest BCUT2D eigenvalue weighted by molar-refractivity contribution is 5.98. The van der Waals surface area contributed by atoms with Crippen molar-refractivity contribution in [2.24, 2.45) is 0 Å². The number of hydrogen-bond donors (Lipinski definition) is 2. The predicted octanol–water partition coefficient (Wildman–Crippen LogP) is 4.16. The van der Waals surface area contributed by atoms with E-state index in [0.29, 0.717) is 11.3 Å². The molecule has 1 fully saturated rings. The number of aromatic amines is 2. The Morgan fingerprint density at radius 1 is 1.18 bits per heavy atom. The highest BCUT2D eigenvalue weighted by atomic mass is 16.2. The van der Waals surface area contributed by atoms with Crippen molar-refractivity contribution in [2.75, 3.05) is 6.54 Å². The Kier molecular flexibility index (Phi) is 3.79. The Hall–Kier alpha value is -3.41. The van der Waals surface area contributed by atoms with Crippen LogP contribution in [-0.4, -0.2) is 37.5 Å². The first-order valence-corrected chi connectivity index (χ1v) is 9.48. The van der Waals surface area contributed by atoms with Gasteiger partial charge in [-0.2, -0.15) is 5.10 Å². The topological polar surface area (TPSA) is 77.7 Å². The molecule has 0 radical (unpaired) electrons. The number of aromatic nitrogens is 4. The van der Waals surface area contributed by atoms with E-state index in [4.69, 9.17) is 0 Å². The number of hydrogen-bond acceptors (Lipinski definition) is 3. The van der Waals surface area contributed by atoms with Gasteiger partial charge in [0.15, 0.2) is 0 Å². The molecular weight excluding hydrogens is 350 g/mol. The predicted molar refractivity (Wildman–Crippen MR) is 108 cm³/mol. The van der Waals surface area contributed by atoms with Gasteiger partial charge in [-0.3, -0.25) is 9.89 Å². The standard InChI is InChI=1S/C22H21N5O/c1-13-4-3-5-15(10-13)20-8-9-27(20)22(28)19-11-16-6-7-18(24-21(16)25-19)17-12-23-26-14(17)2/h3-7,10-12,20H,8-9H2,1-2H3,(H,23,26)(H,24,25). The van der Waals surface area contributed by atoms with Crippen LogP contribution in [0.3, 0.4) is 0 Å². The first kappa shape index (κ1) is 16.7. The molecule has 0 saturated carbocycles. The zero-order chi connectivity index (χ0) is 19.3. The summed E-state index contributed by atoms with van der Waals surface area (Å²) in [5.74, 6) is 0.0248. The van der Waals surface area contributed by atoms with Gasteiger partial charge in [0.1, 0.15) is 11.3 Å². The Morgan fingerprint density at radius 3 is 2.79 bits per heavy atom. The molecule has 4 heterocycles. The van der Waals surface area contributed by atoms with Crippen LogP contribution in [0.25, 0.3) is 22.3 Å². The Morgan fingerprint density at radius 2 is 2.07 bits per heavy atom. The number of carbonyl (C=O) groups excluding carboxylic acids is 1. The molecule has 1 saturated heterocycles. The molecule has 1 aliphatic heterocycles. The van der Waals surface area contributed by atoms with Crippen LogP contribution in [0.5, 0.6) is 0 Å². The van der Waals surface area contributed by atoms with Crippen LogP contribution in [0, 0.1) is 13.8 Å². The monoisotopic (exact) mass is 371 g/mol. The summed E-state index contributed by atoms with van der Waals surface area (Å²) in [5.41, 5.74) is 6.49. The van der Waals surface area contributed by atoms with Gasteiger partial charge in [-0.25, -0.2) is 4.98 Å². The third-order valence-corrected chi connectivity index (χ3v) is 5.52. The van der Waals surface area contributed by atoms with E-state index in [9.17, 15) is 4.79 Å². The molecule has 5 rings (SSSR count). The fraction of sp³-hybridized carbons (Fsp3) is 0.227. The van der Waals surface area contributed by atoms with Gasteiger partial charge in [0, 0.05) is 23.2 Å². The van der Waals surface area contributed by atoms with Crippen LogP contribution in [0.15, 0.2) is 48.7 Å². The second-order valence-electron chi connectivity index (χ2n) is 7.44. The van der Waals surface area contributed by atoms with Crippen molar-refractivity contribution < 1.29 is 4.79 Å². The summed E-state index contributed by atoms with van der Waals surface area (Å²) >= 11 is 0. The lowest BCUT2D eigenvalue weighted by atomic mass is 9.93. The van der Waals surface area contributed by atoms with E-state index in [1.807, 2.05) is 30.0 Å². The third-order valence-electron chi connectivity index (χ3n) is 5.52. The quantitative estimate of drug-likeness (QED) is 0.568. The maximum absolute atomic E-state index is 13.1. The number of pyridine rings is 1. The molecule has 6 heteroatoms. The van der Waals surface area contributed by atoms with Crippen LogP contribution in [0.1, 0.15) is 39.8 Å². The van der Waals surface area contributed by atoms with Crippen LogP contribution in [0.2, 0.25) is 0 Å². The van der Waals surface area contributed by atoms with Gasteiger partial charge in [0.2, 0.25) is 0 Å². The molecule has 0 spiro atoms. The third kappa shape index (κ3) is 2.69. The summed E-state index contributed by atoms with van der Waals surface area (Å²) in [6.45, 7) is 4.82. The zero-order valence-electron chi connectivity index (χ0n) is 15.9. The van der Waals surface area contributed by atoms with Gasteiger partial charge in [0.05, 0.1) is 17.9 Å². The van der Waals surface area contributed by atoms with Gasteiger partial charge in [-0.05, 0) is 44.0 Å². The van der Waals surface area contributed by atoms with E-state index in [2.05, 4.69) is 51.4 Å². The number of benzene rings is 1. The second-order valence-corrected chi connectivity index (χ2v) is 7.44. The molecule has 4 aromatic rings. The number of amides is 1. The van der Waals surface area contributed by atoms with Crippen LogP contribution >= 0.6 is 0 Å². The summed E-state index contributed by atoms with van der Waals surface area (Å²) < 4.78 is 0. The molecule has 140 valence electrons. The minimum atomic E-state index is 0.0248. The number of aryl methyl sites for hydroxylation is 2. The normalized spacial score (nSPS) is 16.4. The number of rotatable bonds is 3. The fourth-order valence-corrected chi connectivity index (χ4v) is 3.89. The van der Waals surface area contributed by atoms with Crippen molar-refractivity contribution in [1.82, 2.24) is 25.1 Å². The van der Waals surface area contributed by atoms with Crippen molar-refractivity contribution in [3.8, 4) is 11.3 Å². The average Bonchev–Trinajstić information content (AvgIpc) is 3.26. The first-order valence-electron chi connectivity index (χ1n) is 9.48. The molecule has 0 aliphatic carbocycles. The van der Waals surface area contributed by atoms with Crippen molar-refractivity contribution in [3.05, 3.63) is 71.2 Å². The molecule has 1 atom stereocenters.